The average molecular weight is 262 g/mol. The number of aromatic nitrogens is 5. The predicted octanol–water partition coefficient (Wildman–Crippen LogP) is 0.254. The van der Waals surface area contributed by atoms with Gasteiger partial charge in [-0.2, -0.15) is 4.98 Å². The molecule has 0 unspecified atom stereocenters. The standard InChI is InChI=1S/C11H14N6O2/c1-8-12-10(14-19-8)7-17-6-9(13-15-17)11(18)16-4-2-3-5-16/h6H,2-5,7H2,1H3. The maximum Gasteiger partial charge on any atom is 0.276 e. The van der Waals surface area contributed by atoms with Crippen molar-refractivity contribution in [2.75, 3.05) is 13.1 Å². The summed E-state index contributed by atoms with van der Waals surface area (Å²) in [6.07, 6.45) is 3.73. The van der Waals surface area contributed by atoms with Crippen molar-refractivity contribution >= 4 is 5.91 Å². The molecule has 0 bridgehead atoms. The minimum absolute atomic E-state index is 0.0620. The van der Waals surface area contributed by atoms with Gasteiger partial charge in [-0.15, -0.1) is 5.10 Å². The Morgan fingerprint density at radius 1 is 1.42 bits per heavy atom. The quantitative estimate of drug-likeness (QED) is 0.787. The van der Waals surface area contributed by atoms with Crippen molar-refractivity contribution in [1.82, 2.24) is 30.0 Å². The maximum absolute atomic E-state index is 12.1. The third-order valence-corrected chi connectivity index (χ3v) is 3.02. The number of amides is 1. The number of aryl methyl sites for hydroxylation is 1. The molecule has 1 fully saturated rings. The Labute approximate surface area is 109 Å². The van der Waals surface area contributed by atoms with Crippen LogP contribution in [0.15, 0.2) is 10.7 Å². The van der Waals surface area contributed by atoms with Gasteiger partial charge < -0.3 is 9.42 Å². The predicted molar refractivity (Wildman–Crippen MR) is 63.3 cm³/mol. The summed E-state index contributed by atoms with van der Waals surface area (Å²) in [7, 11) is 0. The number of hydrogen-bond donors (Lipinski definition) is 0. The molecule has 0 spiro atoms. The second-order valence-electron chi connectivity index (χ2n) is 4.53. The number of carbonyl (C=O) groups excluding carboxylic acids is 1. The number of rotatable bonds is 3. The fourth-order valence-corrected chi connectivity index (χ4v) is 2.11. The maximum atomic E-state index is 12.1. The molecule has 3 rings (SSSR count). The molecule has 0 aromatic carbocycles. The Hall–Kier alpha value is -2.25. The zero-order chi connectivity index (χ0) is 13.2. The van der Waals surface area contributed by atoms with Crippen LogP contribution in [0.2, 0.25) is 0 Å². The molecule has 0 saturated carbocycles. The van der Waals surface area contributed by atoms with Crippen LogP contribution >= 0.6 is 0 Å². The Bertz CT molecular complexity index is 584. The van der Waals surface area contributed by atoms with Crippen LogP contribution in [0.1, 0.15) is 35.0 Å². The van der Waals surface area contributed by atoms with E-state index in [1.165, 1.54) is 4.68 Å². The SMILES string of the molecule is Cc1nc(Cn2cc(C(=O)N3CCCC3)nn2)no1. The van der Waals surface area contributed by atoms with Crippen molar-refractivity contribution in [2.45, 2.75) is 26.3 Å². The van der Waals surface area contributed by atoms with Crippen molar-refractivity contribution in [1.29, 1.82) is 0 Å². The van der Waals surface area contributed by atoms with E-state index in [-0.39, 0.29) is 5.91 Å². The van der Waals surface area contributed by atoms with Crippen LogP contribution in [0.5, 0.6) is 0 Å². The molecule has 1 saturated heterocycles. The molecule has 2 aromatic rings. The fourth-order valence-electron chi connectivity index (χ4n) is 2.11. The summed E-state index contributed by atoms with van der Waals surface area (Å²) in [6.45, 7) is 3.67. The largest absolute Gasteiger partial charge is 0.340 e. The summed E-state index contributed by atoms with van der Waals surface area (Å²) in [5.74, 6) is 0.957. The molecule has 1 aliphatic rings. The van der Waals surface area contributed by atoms with Gasteiger partial charge in [-0.3, -0.25) is 4.79 Å². The monoisotopic (exact) mass is 262 g/mol. The van der Waals surface area contributed by atoms with Crippen molar-refractivity contribution < 1.29 is 9.32 Å². The number of likely N-dealkylation sites (tertiary alicyclic amines) is 1. The highest BCUT2D eigenvalue weighted by Crippen LogP contribution is 2.11. The molecule has 1 aliphatic heterocycles. The van der Waals surface area contributed by atoms with Crippen LogP contribution in [0.3, 0.4) is 0 Å². The molecule has 0 radical (unpaired) electrons. The fraction of sp³-hybridized carbons (Fsp3) is 0.545. The van der Waals surface area contributed by atoms with E-state index in [1.807, 2.05) is 0 Å². The van der Waals surface area contributed by atoms with Gasteiger partial charge in [-0.25, -0.2) is 4.68 Å². The third-order valence-electron chi connectivity index (χ3n) is 3.02. The van der Waals surface area contributed by atoms with E-state index in [0.717, 1.165) is 25.9 Å². The molecule has 0 atom stereocenters. The zero-order valence-electron chi connectivity index (χ0n) is 10.6. The molecule has 19 heavy (non-hydrogen) atoms. The van der Waals surface area contributed by atoms with Crippen LogP contribution < -0.4 is 0 Å². The topological polar surface area (TPSA) is 89.9 Å². The first kappa shape index (κ1) is 11.8. The van der Waals surface area contributed by atoms with Gasteiger partial charge in [0, 0.05) is 20.0 Å². The molecule has 3 heterocycles. The summed E-state index contributed by atoms with van der Waals surface area (Å²) in [5.41, 5.74) is 0.363. The van der Waals surface area contributed by atoms with Gasteiger partial charge in [0.05, 0.1) is 6.20 Å². The lowest BCUT2D eigenvalue weighted by atomic mass is 10.4. The van der Waals surface area contributed by atoms with Gasteiger partial charge in [0.2, 0.25) is 5.89 Å². The van der Waals surface area contributed by atoms with E-state index in [1.54, 1.807) is 18.0 Å². The Kier molecular flexibility index (Phi) is 2.98. The summed E-state index contributed by atoms with van der Waals surface area (Å²) in [5, 5.41) is 11.6. The lowest BCUT2D eigenvalue weighted by Gasteiger charge is -2.12. The van der Waals surface area contributed by atoms with Crippen molar-refractivity contribution in [2.24, 2.45) is 0 Å². The normalized spacial score (nSPS) is 15.1. The van der Waals surface area contributed by atoms with E-state index >= 15 is 0 Å². The molecule has 100 valence electrons. The van der Waals surface area contributed by atoms with Crippen molar-refractivity contribution in [3.63, 3.8) is 0 Å². The van der Waals surface area contributed by atoms with Crippen LogP contribution in [-0.4, -0.2) is 49.0 Å². The van der Waals surface area contributed by atoms with Crippen LogP contribution in [0.25, 0.3) is 0 Å². The summed E-state index contributed by atoms with van der Waals surface area (Å²) >= 11 is 0. The van der Waals surface area contributed by atoms with Crippen LogP contribution in [-0.2, 0) is 6.54 Å². The molecular weight excluding hydrogens is 248 g/mol. The number of carbonyl (C=O) groups is 1. The summed E-state index contributed by atoms with van der Waals surface area (Å²) in [4.78, 5) is 18.0. The lowest BCUT2D eigenvalue weighted by molar-refractivity contribution is 0.0787. The first-order chi connectivity index (χ1) is 9.22. The van der Waals surface area contributed by atoms with Gasteiger partial charge in [0.25, 0.3) is 5.91 Å². The Morgan fingerprint density at radius 2 is 2.21 bits per heavy atom. The first-order valence-electron chi connectivity index (χ1n) is 6.21. The second-order valence-corrected chi connectivity index (χ2v) is 4.53. The molecule has 8 nitrogen and oxygen atoms in total. The van der Waals surface area contributed by atoms with E-state index in [0.29, 0.717) is 24.0 Å². The van der Waals surface area contributed by atoms with E-state index < -0.39 is 0 Å². The smallest absolute Gasteiger partial charge is 0.276 e. The minimum atomic E-state index is -0.0620. The van der Waals surface area contributed by atoms with Gasteiger partial charge >= 0.3 is 0 Å². The third kappa shape index (κ3) is 2.47. The molecule has 0 N–H and O–H groups in total. The minimum Gasteiger partial charge on any atom is -0.340 e. The Morgan fingerprint density at radius 3 is 2.89 bits per heavy atom. The average Bonchev–Trinajstić information content (AvgIpc) is 3.10. The van der Waals surface area contributed by atoms with Gasteiger partial charge in [0.1, 0.15) is 6.54 Å². The van der Waals surface area contributed by atoms with E-state index in [9.17, 15) is 4.79 Å². The van der Waals surface area contributed by atoms with Gasteiger partial charge in [-0.05, 0) is 12.8 Å². The highest BCUT2D eigenvalue weighted by Gasteiger charge is 2.22. The molecule has 2 aromatic heterocycles. The highest BCUT2D eigenvalue weighted by molar-refractivity contribution is 5.92. The number of hydrogen-bond acceptors (Lipinski definition) is 6. The number of nitrogens with zero attached hydrogens (tertiary/aromatic N) is 6. The van der Waals surface area contributed by atoms with Crippen LogP contribution in [0, 0.1) is 6.92 Å². The van der Waals surface area contributed by atoms with Crippen molar-refractivity contribution in [3.8, 4) is 0 Å². The van der Waals surface area contributed by atoms with Crippen LogP contribution in [0.4, 0.5) is 0 Å². The molecular formula is C11H14N6O2. The van der Waals surface area contributed by atoms with Gasteiger partial charge in [-0.1, -0.05) is 10.4 Å². The lowest BCUT2D eigenvalue weighted by Crippen LogP contribution is -2.27. The van der Waals surface area contributed by atoms with Crippen molar-refractivity contribution in [3.05, 3.63) is 23.6 Å². The van der Waals surface area contributed by atoms with E-state index in [2.05, 4.69) is 20.5 Å². The summed E-state index contributed by atoms with van der Waals surface area (Å²) < 4.78 is 6.41. The second kappa shape index (κ2) is 4.79. The summed E-state index contributed by atoms with van der Waals surface area (Å²) in [6, 6.07) is 0. The molecule has 1 amide bonds. The Balaban J connectivity index is 1.70. The zero-order valence-corrected chi connectivity index (χ0v) is 10.6. The molecule has 8 heteroatoms. The van der Waals surface area contributed by atoms with E-state index in [4.69, 9.17) is 4.52 Å². The van der Waals surface area contributed by atoms with Gasteiger partial charge in [0.15, 0.2) is 11.5 Å². The highest BCUT2D eigenvalue weighted by atomic mass is 16.5. The molecule has 0 aliphatic carbocycles. The first-order valence-corrected chi connectivity index (χ1v) is 6.21.